The van der Waals surface area contributed by atoms with Crippen LogP contribution >= 0.6 is 0 Å². The van der Waals surface area contributed by atoms with Gasteiger partial charge in [0.05, 0.1) is 5.75 Å². The van der Waals surface area contributed by atoms with Gasteiger partial charge < -0.3 is 9.66 Å². The van der Waals surface area contributed by atoms with Gasteiger partial charge in [-0.05, 0) is 24.1 Å². The molecule has 0 radical (unpaired) electrons. The molecule has 4 heteroatoms. The number of phenols is 1. The van der Waals surface area contributed by atoms with Gasteiger partial charge in [0, 0.05) is 0 Å². The fraction of sp³-hybridized carbons (Fsp3) is 0.250. The number of phenolic OH excluding ortho intramolecular Hbond substituents is 1. The van der Waals surface area contributed by atoms with Crippen LogP contribution in [0, 0.1) is 0 Å². The van der Waals surface area contributed by atoms with E-state index in [1.807, 2.05) is 0 Å². The minimum atomic E-state index is -1.73. The van der Waals surface area contributed by atoms with Gasteiger partial charge in [0.25, 0.3) is 0 Å². The largest absolute Gasteiger partial charge is 0.508 e. The Hall–Kier alpha value is -0.870. The quantitative estimate of drug-likeness (QED) is 0.696. The monoisotopic (exact) mass is 186 g/mol. The molecule has 1 atom stereocenters. The topological polar surface area (TPSA) is 57.5 Å². The molecule has 1 unspecified atom stereocenters. The highest BCUT2D eigenvalue weighted by molar-refractivity contribution is 7.79. The van der Waals surface area contributed by atoms with Crippen molar-refractivity contribution in [3.8, 4) is 5.75 Å². The first-order valence-electron chi connectivity index (χ1n) is 3.54. The molecule has 0 spiro atoms. The fourth-order valence-electron chi connectivity index (χ4n) is 0.868. The first-order valence-corrected chi connectivity index (χ1v) is 4.81. The van der Waals surface area contributed by atoms with E-state index in [1.54, 1.807) is 24.3 Å². The number of aromatic hydroxyl groups is 1. The maximum Gasteiger partial charge on any atom is 0.153 e. The van der Waals surface area contributed by atoms with Crippen LogP contribution in [-0.2, 0) is 17.5 Å². The van der Waals surface area contributed by atoms with Gasteiger partial charge in [0.2, 0.25) is 0 Å². The fourth-order valence-corrected chi connectivity index (χ4v) is 1.28. The highest BCUT2D eigenvalue weighted by Crippen LogP contribution is 2.09. The predicted molar refractivity (Wildman–Crippen MR) is 47.4 cm³/mol. The minimum absolute atomic E-state index is 0.212. The molecule has 0 bridgehead atoms. The second kappa shape index (κ2) is 4.23. The van der Waals surface area contributed by atoms with Gasteiger partial charge in [-0.3, -0.25) is 0 Å². The van der Waals surface area contributed by atoms with Crippen molar-refractivity contribution in [1.82, 2.24) is 0 Å². The van der Waals surface area contributed by atoms with E-state index >= 15 is 0 Å². The van der Waals surface area contributed by atoms with Crippen molar-refractivity contribution in [3.05, 3.63) is 29.8 Å². The molecule has 66 valence electrons. The van der Waals surface area contributed by atoms with Crippen LogP contribution in [0.3, 0.4) is 0 Å². The molecule has 0 saturated heterocycles. The van der Waals surface area contributed by atoms with Crippen molar-refractivity contribution in [2.75, 3.05) is 5.75 Å². The van der Waals surface area contributed by atoms with E-state index in [0.29, 0.717) is 6.42 Å². The van der Waals surface area contributed by atoms with E-state index in [0.717, 1.165) is 5.56 Å². The first-order chi connectivity index (χ1) is 5.68. The number of rotatable bonds is 3. The van der Waals surface area contributed by atoms with E-state index in [4.69, 9.17) is 9.66 Å². The Kier molecular flexibility index (Phi) is 3.25. The van der Waals surface area contributed by atoms with Crippen LogP contribution in [0.15, 0.2) is 24.3 Å². The highest BCUT2D eigenvalue weighted by Gasteiger charge is 1.96. The lowest BCUT2D eigenvalue weighted by Crippen LogP contribution is -1.98. The van der Waals surface area contributed by atoms with E-state index in [2.05, 4.69) is 0 Å². The summed E-state index contributed by atoms with van der Waals surface area (Å²) >= 11 is -1.73. The van der Waals surface area contributed by atoms with Crippen molar-refractivity contribution in [1.29, 1.82) is 0 Å². The third-order valence-electron chi connectivity index (χ3n) is 1.50. The standard InChI is InChI=1S/C8H10O3S/c9-8-3-1-7(2-4-8)5-6-12(10)11/h1-4,9H,5-6H2,(H,10,11). The van der Waals surface area contributed by atoms with E-state index in [1.165, 1.54) is 0 Å². The molecule has 1 aromatic carbocycles. The maximum absolute atomic E-state index is 10.3. The van der Waals surface area contributed by atoms with Crippen molar-refractivity contribution >= 4 is 11.1 Å². The van der Waals surface area contributed by atoms with Gasteiger partial charge in [-0.25, -0.2) is 4.21 Å². The molecule has 3 nitrogen and oxygen atoms in total. The summed E-state index contributed by atoms with van der Waals surface area (Å²) in [4.78, 5) is 0. The average molecular weight is 186 g/mol. The molecule has 2 N–H and O–H groups in total. The van der Waals surface area contributed by atoms with Gasteiger partial charge in [-0.15, -0.1) is 0 Å². The molecular formula is C8H10O3S. The maximum atomic E-state index is 10.3. The molecule has 0 amide bonds. The summed E-state index contributed by atoms with van der Waals surface area (Å²) in [6.07, 6.45) is 0.559. The molecule has 0 aliphatic rings. The molecule has 0 aliphatic heterocycles. The summed E-state index contributed by atoms with van der Waals surface area (Å²) in [5.41, 5.74) is 0.954. The molecule has 0 aliphatic carbocycles. The van der Waals surface area contributed by atoms with Crippen LogP contribution in [-0.4, -0.2) is 19.6 Å². The number of aryl methyl sites for hydroxylation is 1. The molecular weight excluding hydrogens is 176 g/mol. The number of hydrogen-bond acceptors (Lipinski definition) is 2. The van der Waals surface area contributed by atoms with Gasteiger partial charge in [-0.2, -0.15) is 0 Å². The molecule has 0 fully saturated rings. The lowest BCUT2D eigenvalue weighted by Gasteiger charge is -1.98. The van der Waals surface area contributed by atoms with Crippen LogP contribution < -0.4 is 0 Å². The SMILES string of the molecule is O=S(O)CCc1ccc(O)cc1. The lowest BCUT2D eigenvalue weighted by molar-refractivity contribution is 0.475. The van der Waals surface area contributed by atoms with Crippen molar-refractivity contribution in [3.63, 3.8) is 0 Å². The van der Waals surface area contributed by atoms with Crippen LogP contribution in [0.1, 0.15) is 5.56 Å². The Labute approximate surface area is 73.3 Å². The van der Waals surface area contributed by atoms with Gasteiger partial charge in [0.15, 0.2) is 11.1 Å². The second-order valence-corrected chi connectivity index (χ2v) is 3.49. The van der Waals surface area contributed by atoms with Crippen LogP contribution in [0.4, 0.5) is 0 Å². The molecule has 0 heterocycles. The highest BCUT2D eigenvalue weighted by atomic mass is 32.2. The van der Waals surface area contributed by atoms with E-state index in [-0.39, 0.29) is 11.5 Å². The Morgan fingerprint density at radius 1 is 1.25 bits per heavy atom. The van der Waals surface area contributed by atoms with E-state index < -0.39 is 11.1 Å². The molecule has 12 heavy (non-hydrogen) atoms. The smallest absolute Gasteiger partial charge is 0.153 e. The lowest BCUT2D eigenvalue weighted by atomic mass is 10.2. The zero-order valence-corrected chi connectivity index (χ0v) is 7.25. The zero-order chi connectivity index (χ0) is 8.97. The van der Waals surface area contributed by atoms with Gasteiger partial charge in [0.1, 0.15) is 5.75 Å². The predicted octanol–water partition coefficient (Wildman–Crippen LogP) is 1.16. The zero-order valence-electron chi connectivity index (χ0n) is 6.43. The first kappa shape index (κ1) is 9.22. The normalized spacial score (nSPS) is 12.8. The Morgan fingerprint density at radius 2 is 1.83 bits per heavy atom. The molecule has 1 aromatic rings. The molecule has 0 saturated carbocycles. The average Bonchev–Trinajstić information content (AvgIpc) is 2.03. The van der Waals surface area contributed by atoms with Crippen molar-refractivity contribution in [2.45, 2.75) is 6.42 Å². The van der Waals surface area contributed by atoms with Crippen molar-refractivity contribution < 1.29 is 13.9 Å². The molecule has 1 rings (SSSR count). The summed E-state index contributed by atoms with van der Waals surface area (Å²) in [6.45, 7) is 0. The van der Waals surface area contributed by atoms with Crippen LogP contribution in [0.2, 0.25) is 0 Å². The Balaban J connectivity index is 2.53. The summed E-state index contributed by atoms with van der Waals surface area (Å²) in [5, 5.41) is 8.92. The summed E-state index contributed by atoms with van der Waals surface area (Å²) in [5.74, 6) is 0.453. The summed E-state index contributed by atoms with van der Waals surface area (Å²) in [7, 11) is 0. The van der Waals surface area contributed by atoms with Crippen LogP contribution in [0.5, 0.6) is 5.75 Å². The summed E-state index contributed by atoms with van der Waals surface area (Å²) < 4.78 is 18.8. The second-order valence-electron chi connectivity index (χ2n) is 2.44. The van der Waals surface area contributed by atoms with Crippen LogP contribution in [0.25, 0.3) is 0 Å². The summed E-state index contributed by atoms with van der Waals surface area (Å²) in [6, 6.07) is 6.61. The number of hydrogen-bond donors (Lipinski definition) is 2. The Bertz CT molecular complexity index is 268. The van der Waals surface area contributed by atoms with Gasteiger partial charge in [-0.1, -0.05) is 12.1 Å². The Morgan fingerprint density at radius 3 is 2.33 bits per heavy atom. The third kappa shape index (κ3) is 3.02. The van der Waals surface area contributed by atoms with Crippen molar-refractivity contribution in [2.24, 2.45) is 0 Å². The molecule has 0 aromatic heterocycles. The number of benzene rings is 1. The van der Waals surface area contributed by atoms with E-state index in [9.17, 15) is 4.21 Å². The van der Waals surface area contributed by atoms with Gasteiger partial charge >= 0.3 is 0 Å². The third-order valence-corrected chi connectivity index (χ3v) is 2.06. The minimum Gasteiger partial charge on any atom is -0.508 e.